The normalized spacial score (nSPS) is 26.5. The predicted molar refractivity (Wildman–Crippen MR) is 90.7 cm³/mol. The van der Waals surface area contributed by atoms with Crippen molar-refractivity contribution < 1.29 is 14.6 Å². The number of nitrogens with zero attached hydrogens (tertiary/aromatic N) is 1. The molecule has 23 heavy (non-hydrogen) atoms. The van der Waals surface area contributed by atoms with Crippen LogP contribution in [0.4, 0.5) is 5.69 Å². The molecule has 0 radical (unpaired) electrons. The van der Waals surface area contributed by atoms with Crippen LogP contribution in [-0.2, 0) is 9.47 Å². The fraction of sp³-hybridized carbons (Fsp3) is 0.667. The highest BCUT2D eigenvalue weighted by Crippen LogP contribution is 2.16. The van der Waals surface area contributed by atoms with Gasteiger partial charge in [-0.1, -0.05) is 18.2 Å². The Morgan fingerprint density at radius 3 is 2.96 bits per heavy atom. The molecule has 5 nitrogen and oxygen atoms in total. The fourth-order valence-electron chi connectivity index (χ4n) is 3.35. The Morgan fingerprint density at radius 1 is 1.30 bits per heavy atom. The topological polar surface area (TPSA) is 54.0 Å². The van der Waals surface area contributed by atoms with Crippen molar-refractivity contribution in [2.75, 3.05) is 44.8 Å². The number of hydrogen-bond donors (Lipinski definition) is 2. The van der Waals surface area contributed by atoms with Crippen LogP contribution in [0.1, 0.15) is 19.3 Å². The number of aliphatic hydroxyl groups excluding tert-OH is 1. The lowest BCUT2D eigenvalue weighted by molar-refractivity contribution is -0.0236. The second kappa shape index (κ2) is 8.64. The molecule has 128 valence electrons. The third-order valence-corrected chi connectivity index (χ3v) is 4.52. The van der Waals surface area contributed by atoms with Crippen molar-refractivity contribution in [2.45, 2.75) is 37.5 Å². The third kappa shape index (κ3) is 5.46. The van der Waals surface area contributed by atoms with E-state index in [1.54, 1.807) is 0 Å². The van der Waals surface area contributed by atoms with Gasteiger partial charge in [0.05, 0.1) is 25.4 Å². The van der Waals surface area contributed by atoms with E-state index in [9.17, 15) is 5.11 Å². The smallest absolute Gasteiger partial charge is 0.0900 e. The molecule has 3 rings (SSSR count). The number of likely N-dealkylation sites (tertiary alicyclic amines) is 1. The summed E-state index contributed by atoms with van der Waals surface area (Å²) in [7, 11) is 0. The molecular weight excluding hydrogens is 292 g/mol. The van der Waals surface area contributed by atoms with Crippen molar-refractivity contribution in [1.82, 2.24) is 4.90 Å². The summed E-state index contributed by atoms with van der Waals surface area (Å²) < 4.78 is 11.1. The molecule has 0 bridgehead atoms. The summed E-state index contributed by atoms with van der Waals surface area (Å²) in [6, 6.07) is 10.8. The molecule has 0 aliphatic carbocycles. The van der Waals surface area contributed by atoms with Crippen LogP contribution in [0.15, 0.2) is 30.3 Å². The minimum absolute atomic E-state index is 0.230. The molecule has 5 heteroatoms. The first-order valence-corrected chi connectivity index (χ1v) is 8.71. The predicted octanol–water partition coefficient (Wildman–Crippen LogP) is 1.73. The van der Waals surface area contributed by atoms with Crippen LogP contribution in [0.5, 0.6) is 0 Å². The van der Waals surface area contributed by atoms with Crippen LogP contribution in [0.2, 0.25) is 0 Å². The number of hydrogen-bond acceptors (Lipinski definition) is 5. The van der Waals surface area contributed by atoms with Gasteiger partial charge in [0, 0.05) is 38.0 Å². The van der Waals surface area contributed by atoms with Gasteiger partial charge in [0.2, 0.25) is 0 Å². The van der Waals surface area contributed by atoms with Crippen LogP contribution >= 0.6 is 0 Å². The molecule has 2 aliphatic heterocycles. The average Bonchev–Trinajstić information content (AvgIpc) is 3.21. The molecule has 0 amide bonds. The molecule has 0 spiro atoms. The number of nitrogens with one attached hydrogen (secondary N) is 1. The van der Waals surface area contributed by atoms with Gasteiger partial charge in [0.25, 0.3) is 0 Å². The zero-order valence-corrected chi connectivity index (χ0v) is 13.7. The number of benzene rings is 1. The van der Waals surface area contributed by atoms with Crippen molar-refractivity contribution in [1.29, 1.82) is 0 Å². The Morgan fingerprint density at radius 2 is 2.17 bits per heavy atom. The zero-order chi connectivity index (χ0) is 15.9. The average molecular weight is 320 g/mol. The van der Waals surface area contributed by atoms with Crippen molar-refractivity contribution in [3.63, 3.8) is 0 Å². The van der Waals surface area contributed by atoms with Gasteiger partial charge in [-0.05, 0) is 31.4 Å². The second-order valence-corrected chi connectivity index (χ2v) is 6.58. The van der Waals surface area contributed by atoms with Gasteiger partial charge in [-0.3, -0.25) is 4.90 Å². The van der Waals surface area contributed by atoms with E-state index >= 15 is 0 Å². The monoisotopic (exact) mass is 320 g/mol. The number of aliphatic hydroxyl groups is 1. The molecule has 3 unspecified atom stereocenters. The van der Waals surface area contributed by atoms with E-state index in [1.807, 2.05) is 18.2 Å². The summed E-state index contributed by atoms with van der Waals surface area (Å²) in [6.07, 6.45) is 3.12. The lowest BCUT2D eigenvalue weighted by Crippen LogP contribution is -2.35. The molecule has 0 saturated carbocycles. The molecule has 2 heterocycles. The minimum Gasteiger partial charge on any atom is -0.389 e. The first kappa shape index (κ1) is 16.7. The van der Waals surface area contributed by atoms with Gasteiger partial charge in [0.1, 0.15) is 0 Å². The first-order chi connectivity index (χ1) is 11.3. The number of β-amino-alcohol motifs (C(OH)–C–C–N with tert-alkyl or cyclic N) is 1. The first-order valence-electron chi connectivity index (χ1n) is 8.71. The highest BCUT2D eigenvalue weighted by atomic mass is 16.5. The Kier molecular flexibility index (Phi) is 6.28. The SMILES string of the molecule is OC(COCC1CCCO1)CN1CCC(Nc2ccccc2)C1. The Balaban J connectivity index is 1.31. The summed E-state index contributed by atoms with van der Waals surface area (Å²) in [5.74, 6) is 0. The van der Waals surface area contributed by atoms with E-state index < -0.39 is 6.10 Å². The number of ether oxygens (including phenoxy) is 2. The van der Waals surface area contributed by atoms with E-state index in [2.05, 4.69) is 22.3 Å². The van der Waals surface area contributed by atoms with Gasteiger partial charge in [-0.2, -0.15) is 0 Å². The highest BCUT2D eigenvalue weighted by molar-refractivity contribution is 5.43. The van der Waals surface area contributed by atoms with Crippen molar-refractivity contribution >= 4 is 5.69 Å². The minimum atomic E-state index is -0.424. The number of para-hydroxylation sites is 1. The summed E-state index contributed by atoms with van der Waals surface area (Å²) >= 11 is 0. The molecule has 0 aromatic heterocycles. The summed E-state index contributed by atoms with van der Waals surface area (Å²) in [5, 5.41) is 13.7. The lowest BCUT2D eigenvalue weighted by Gasteiger charge is -2.21. The Hall–Kier alpha value is -1.14. The van der Waals surface area contributed by atoms with E-state index in [0.29, 0.717) is 25.8 Å². The maximum absolute atomic E-state index is 10.1. The molecule has 2 saturated heterocycles. The van der Waals surface area contributed by atoms with Gasteiger partial charge in [-0.15, -0.1) is 0 Å². The maximum atomic E-state index is 10.1. The molecule has 2 N–H and O–H groups in total. The molecule has 1 aromatic carbocycles. The Bertz CT molecular complexity index is 451. The van der Waals surface area contributed by atoms with Crippen molar-refractivity contribution in [3.8, 4) is 0 Å². The standard InChI is InChI=1S/C18H28N2O3/c21-17(13-22-14-18-7-4-10-23-18)12-20-9-8-16(11-20)19-15-5-2-1-3-6-15/h1-3,5-6,16-19,21H,4,7-14H2. The highest BCUT2D eigenvalue weighted by Gasteiger charge is 2.24. The van der Waals surface area contributed by atoms with E-state index in [0.717, 1.165) is 39.0 Å². The molecule has 1 aromatic rings. The third-order valence-electron chi connectivity index (χ3n) is 4.52. The fourth-order valence-corrected chi connectivity index (χ4v) is 3.35. The molecule has 2 fully saturated rings. The van der Waals surface area contributed by atoms with E-state index in [1.165, 1.54) is 5.69 Å². The summed E-state index contributed by atoms with van der Waals surface area (Å²) in [5.41, 5.74) is 1.17. The molecular formula is C18H28N2O3. The van der Waals surface area contributed by atoms with E-state index in [4.69, 9.17) is 9.47 Å². The Labute approximate surface area is 138 Å². The van der Waals surface area contributed by atoms with Crippen LogP contribution < -0.4 is 5.32 Å². The van der Waals surface area contributed by atoms with Gasteiger partial charge in [0.15, 0.2) is 0 Å². The van der Waals surface area contributed by atoms with Gasteiger partial charge < -0.3 is 19.9 Å². The second-order valence-electron chi connectivity index (χ2n) is 6.58. The van der Waals surface area contributed by atoms with Crippen molar-refractivity contribution in [3.05, 3.63) is 30.3 Å². The molecule has 3 atom stereocenters. The largest absolute Gasteiger partial charge is 0.389 e. The lowest BCUT2D eigenvalue weighted by atomic mass is 10.2. The van der Waals surface area contributed by atoms with Crippen LogP contribution in [0, 0.1) is 0 Å². The van der Waals surface area contributed by atoms with Gasteiger partial charge in [-0.25, -0.2) is 0 Å². The summed E-state index contributed by atoms with van der Waals surface area (Å²) in [6.45, 7) is 4.52. The number of anilines is 1. The van der Waals surface area contributed by atoms with Gasteiger partial charge >= 0.3 is 0 Å². The number of rotatable bonds is 8. The zero-order valence-electron chi connectivity index (χ0n) is 13.7. The maximum Gasteiger partial charge on any atom is 0.0900 e. The molecule has 2 aliphatic rings. The van der Waals surface area contributed by atoms with Crippen LogP contribution in [-0.4, -0.2) is 67.7 Å². The van der Waals surface area contributed by atoms with Crippen LogP contribution in [0.3, 0.4) is 0 Å². The van der Waals surface area contributed by atoms with Crippen LogP contribution in [0.25, 0.3) is 0 Å². The van der Waals surface area contributed by atoms with Crippen molar-refractivity contribution in [2.24, 2.45) is 0 Å². The quantitative estimate of drug-likeness (QED) is 0.764. The van der Waals surface area contributed by atoms with E-state index in [-0.39, 0.29) is 6.10 Å². The summed E-state index contributed by atoms with van der Waals surface area (Å²) in [4.78, 5) is 2.31.